The van der Waals surface area contributed by atoms with Crippen molar-refractivity contribution in [2.75, 3.05) is 11.1 Å². The second kappa shape index (κ2) is 5.05. The van der Waals surface area contributed by atoms with E-state index in [1.807, 2.05) is 12.5 Å². The van der Waals surface area contributed by atoms with Crippen LogP contribution in [0, 0.1) is 0 Å². The molecule has 0 saturated heterocycles. The van der Waals surface area contributed by atoms with Gasteiger partial charge in [-0.15, -0.1) is 10.2 Å². The van der Waals surface area contributed by atoms with Gasteiger partial charge in [-0.25, -0.2) is 4.98 Å². The zero-order valence-electron chi connectivity index (χ0n) is 9.24. The van der Waals surface area contributed by atoms with Crippen LogP contribution in [0.2, 0.25) is 0 Å². The Labute approximate surface area is 108 Å². The highest BCUT2D eigenvalue weighted by molar-refractivity contribution is 8.01. The Balaban J connectivity index is 1.46. The molecule has 2 aromatic heterocycles. The van der Waals surface area contributed by atoms with Crippen LogP contribution in [-0.2, 0) is 6.54 Å². The van der Waals surface area contributed by atoms with Crippen molar-refractivity contribution < 1.29 is 0 Å². The molecule has 17 heavy (non-hydrogen) atoms. The summed E-state index contributed by atoms with van der Waals surface area (Å²) in [5.74, 6) is 0.994. The summed E-state index contributed by atoms with van der Waals surface area (Å²) < 4.78 is 3.10. The van der Waals surface area contributed by atoms with E-state index in [0.29, 0.717) is 6.04 Å². The van der Waals surface area contributed by atoms with Crippen molar-refractivity contribution in [3.63, 3.8) is 0 Å². The molecule has 1 N–H and O–H groups in total. The molecule has 0 unspecified atom stereocenters. The first-order chi connectivity index (χ1) is 8.40. The smallest absolute Gasteiger partial charge is 0.206 e. The lowest BCUT2D eigenvalue weighted by Gasteiger charge is -1.98. The first kappa shape index (κ1) is 11.0. The number of anilines is 1. The van der Waals surface area contributed by atoms with E-state index in [1.54, 1.807) is 29.3 Å². The zero-order chi connectivity index (χ0) is 11.5. The van der Waals surface area contributed by atoms with Crippen LogP contribution < -0.4 is 5.32 Å². The molecule has 2 heterocycles. The van der Waals surface area contributed by atoms with E-state index in [0.717, 1.165) is 21.8 Å². The minimum atomic E-state index is 0.645. The molecular weight excluding hydrogens is 254 g/mol. The number of nitrogens with one attached hydrogen (secondary N) is 1. The molecule has 1 saturated carbocycles. The van der Waals surface area contributed by atoms with Crippen LogP contribution in [0.3, 0.4) is 0 Å². The number of hydrogen-bond donors (Lipinski definition) is 1. The van der Waals surface area contributed by atoms with Crippen LogP contribution in [0.4, 0.5) is 5.13 Å². The van der Waals surface area contributed by atoms with Gasteiger partial charge in [0.05, 0.1) is 6.33 Å². The molecule has 0 aromatic carbocycles. The molecule has 0 radical (unpaired) electrons. The van der Waals surface area contributed by atoms with Gasteiger partial charge in [-0.05, 0) is 12.8 Å². The van der Waals surface area contributed by atoms with Crippen molar-refractivity contribution in [2.45, 2.75) is 29.8 Å². The standard InChI is InChI=1S/C10H13N5S2/c1-2-8(1)12-9-13-14-10(17-9)16-6-5-15-4-3-11-7-15/h3-4,7-8H,1-2,5-6H2,(H,12,13). The Bertz CT molecular complexity index is 463. The van der Waals surface area contributed by atoms with Crippen LogP contribution in [0.25, 0.3) is 0 Å². The van der Waals surface area contributed by atoms with Crippen LogP contribution in [-0.4, -0.2) is 31.5 Å². The predicted octanol–water partition coefficient (Wildman–Crippen LogP) is 2.10. The summed E-state index contributed by atoms with van der Waals surface area (Å²) in [6.45, 7) is 0.954. The van der Waals surface area contributed by atoms with E-state index >= 15 is 0 Å². The van der Waals surface area contributed by atoms with E-state index in [1.165, 1.54) is 12.8 Å². The molecule has 90 valence electrons. The third-order valence-corrected chi connectivity index (χ3v) is 4.41. The Hall–Kier alpha value is -1.08. The van der Waals surface area contributed by atoms with Crippen LogP contribution >= 0.6 is 23.1 Å². The van der Waals surface area contributed by atoms with Gasteiger partial charge in [0.2, 0.25) is 5.13 Å². The second-order valence-electron chi connectivity index (χ2n) is 3.94. The maximum absolute atomic E-state index is 4.16. The summed E-state index contributed by atoms with van der Waals surface area (Å²) in [5.41, 5.74) is 0. The predicted molar refractivity (Wildman–Crippen MR) is 69.5 cm³/mol. The lowest BCUT2D eigenvalue weighted by atomic mass is 10.7. The fourth-order valence-electron chi connectivity index (χ4n) is 1.39. The number of imidazole rings is 1. The first-order valence-corrected chi connectivity index (χ1v) is 7.39. The van der Waals surface area contributed by atoms with Gasteiger partial charge in [-0.1, -0.05) is 23.1 Å². The van der Waals surface area contributed by atoms with Gasteiger partial charge in [-0.2, -0.15) is 0 Å². The normalized spacial score (nSPS) is 15.1. The first-order valence-electron chi connectivity index (χ1n) is 5.59. The van der Waals surface area contributed by atoms with Gasteiger partial charge in [0.15, 0.2) is 4.34 Å². The Morgan fingerprint density at radius 2 is 2.41 bits per heavy atom. The van der Waals surface area contributed by atoms with Crippen LogP contribution in [0.15, 0.2) is 23.1 Å². The molecule has 5 nitrogen and oxygen atoms in total. The molecule has 7 heteroatoms. The topological polar surface area (TPSA) is 55.6 Å². The zero-order valence-corrected chi connectivity index (χ0v) is 10.9. The molecular formula is C10H13N5S2. The highest BCUT2D eigenvalue weighted by Gasteiger charge is 2.22. The quantitative estimate of drug-likeness (QED) is 0.812. The molecule has 3 rings (SSSR count). The van der Waals surface area contributed by atoms with Crippen molar-refractivity contribution >= 4 is 28.2 Å². The van der Waals surface area contributed by atoms with Gasteiger partial charge >= 0.3 is 0 Å². The molecule has 0 amide bonds. The van der Waals surface area contributed by atoms with Crippen LogP contribution in [0.5, 0.6) is 0 Å². The molecule has 0 spiro atoms. The van der Waals surface area contributed by atoms with Crippen molar-refractivity contribution in [1.29, 1.82) is 0 Å². The lowest BCUT2D eigenvalue weighted by Crippen LogP contribution is -1.99. The van der Waals surface area contributed by atoms with E-state index in [9.17, 15) is 0 Å². The largest absolute Gasteiger partial charge is 0.357 e. The molecule has 1 fully saturated rings. The number of aryl methyl sites for hydroxylation is 1. The number of aromatic nitrogens is 4. The minimum Gasteiger partial charge on any atom is -0.357 e. The van der Waals surface area contributed by atoms with Gasteiger partial charge in [-0.3, -0.25) is 0 Å². The summed E-state index contributed by atoms with van der Waals surface area (Å²) >= 11 is 3.39. The number of thioether (sulfide) groups is 1. The summed E-state index contributed by atoms with van der Waals surface area (Å²) in [7, 11) is 0. The van der Waals surface area contributed by atoms with E-state index in [-0.39, 0.29) is 0 Å². The van der Waals surface area contributed by atoms with Crippen molar-refractivity contribution in [3.05, 3.63) is 18.7 Å². The summed E-state index contributed by atoms with van der Waals surface area (Å²) in [4.78, 5) is 4.01. The van der Waals surface area contributed by atoms with E-state index in [4.69, 9.17) is 0 Å². The number of rotatable bonds is 6. The molecule has 1 aliphatic rings. The molecule has 0 atom stereocenters. The minimum absolute atomic E-state index is 0.645. The highest BCUT2D eigenvalue weighted by atomic mass is 32.2. The van der Waals surface area contributed by atoms with Gasteiger partial charge < -0.3 is 9.88 Å². The SMILES string of the molecule is c1cn(CCSc2nnc(NC3CC3)s2)cn1. The molecule has 1 aliphatic carbocycles. The summed E-state index contributed by atoms with van der Waals surface area (Å²) in [5, 5.41) is 12.6. The van der Waals surface area contributed by atoms with Crippen molar-refractivity contribution in [3.8, 4) is 0 Å². The van der Waals surface area contributed by atoms with E-state index < -0.39 is 0 Å². The van der Waals surface area contributed by atoms with E-state index in [2.05, 4.69) is 25.1 Å². The van der Waals surface area contributed by atoms with Gasteiger partial charge in [0.25, 0.3) is 0 Å². The molecule has 2 aromatic rings. The maximum atomic E-state index is 4.16. The van der Waals surface area contributed by atoms with Gasteiger partial charge in [0, 0.05) is 30.7 Å². The van der Waals surface area contributed by atoms with Crippen LogP contribution in [0.1, 0.15) is 12.8 Å². The van der Waals surface area contributed by atoms with Crippen molar-refractivity contribution in [2.24, 2.45) is 0 Å². The molecule has 0 aliphatic heterocycles. The van der Waals surface area contributed by atoms with Gasteiger partial charge in [0.1, 0.15) is 0 Å². The molecule has 0 bridgehead atoms. The summed E-state index contributed by atoms with van der Waals surface area (Å²) in [6.07, 6.45) is 8.14. The monoisotopic (exact) mass is 267 g/mol. The third-order valence-electron chi connectivity index (χ3n) is 2.45. The second-order valence-corrected chi connectivity index (χ2v) is 6.26. The fourth-order valence-corrected chi connectivity index (χ4v) is 3.24. The maximum Gasteiger partial charge on any atom is 0.206 e. The Morgan fingerprint density at radius 1 is 1.47 bits per heavy atom. The highest BCUT2D eigenvalue weighted by Crippen LogP contribution is 2.30. The fraction of sp³-hybridized carbons (Fsp3) is 0.500. The Morgan fingerprint density at radius 3 is 3.18 bits per heavy atom. The number of nitrogens with zero attached hydrogens (tertiary/aromatic N) is 4. The third kappa shape index (κ3) is 3.19. The lowest BCUT2D eigenvalue weighted by molar-refractivity contribution is 0.770. The average molecular weight is 267 g/mol. The average Bonchev–Trinajstić information content (AvgIpc) is 2.80. The number of hydrogen-bond acceptors (Lipinski definition) is 6. The van der Waals surface area contributed by atoms with Crippen molar-refractivity contribution in [1.82, 2.24) is 19.7 Å². The summed E-state index contributed by atoms with van der Waals surface area (Å²) in [6, 6.07) is 0.645. The Kier molecular flexibility index (Phi) is 3.28.